The molecule has 0 amide bonds. The highest BCUT2D eigenvalue weighted by molar-refractivity contribution is 7.98. The van der Waals surface area contributed by atoms with E-state index >= 15 is 0 Å². The number of nitrogens with zero attached hydrogens (tertiary/aromatic N) is 3. The smallest absolute Gasteiger partial charge is 0.406 e. The number of hydrogen-bond acceptors (Lipinski definition) is 7. The molecule has 3 rings (SSSR count). The van der Waals surface area contributed by atoms with Gasteiger partial charge in [-0.3, -0.25) is 4.79 Å². The molecule has 2 aromatic heterocycles. The van der Waals surface area contributed by atoms with E-state index in [2.05, 4.69) is 24.8 Å². The normalized spacial score (nSPS) is 11.6. The van der Waals surface area contributed by atoms with Crippen LogP contribution in [0.25, 0.3) is 11.4 Å². The average molecular weight is 398 g/mol. The first-order valence-electron chi connectivity index (χ1n) is 7.60. The molecule has 0 aliphatic heterocycles. The fraction of sp³-hybridized carbons (Fsp3) is 0.250. The largest absolute Gasteiger partial charge is 0.573 e. The summed E-state index contributed by atoms with van der Waals surface area (Å²) in [5.74, 6) is 0.445. The molecule has 1 aromatic carbocycles. The second-order valence-electron chi connectivity index (χ2n) is 5.45. The molecule has 0 saturated carbocycles. The molecule has 27 heavy (non-hydrogen) atoms. The lowest BCUT2D eigenvalue weighted by Crippen LogP contribution is -2.16. The van der Waals surface area contributed by atoms with Gasteiger partial charge in [0.15, 0.2) is 5.16 Å². The summed E-state index contributed by atoms with van der Waals surface area (Å²) in [7, 11) is 0. The van der Waals surface area contributed by atoms with E-state index in [-0.39, 0.29) is 28.8 Å². The van der Waals surface area contributed by atoms with Gasteiger partial charge < -0.3 is 14.2 Å². The summed E-state index contributed by atoms with van der Waals surface area (Å²) in [5.41, 5.74) is 1.45. The molecule has 0 aliphatic carbocycles. The number of ether oxygens (including phenoxy) is 1. The van der Waals surface area contributed by atoms with Gasteiger partial charge in [0.25, 0.3) is 5.56 Å². The first-order valence-corrected chi connectivity index (χ1v) is 8.59. The van der Waals surface area contributed by atoms with Crippen molar-refractivity contribution in [2.75, 3.05) is 0 Å². The lowest BCUT2D eigenvalue weighted by molar-refractivity contribution is -0.274. The third-order valence-electron chi connectivity index (χ3n) is 3.52. The Morgan fingerprint density at radius 3 is 2.52 bits per heavy atom. The molecule has 3 aromatic rings. The molecule has 11 heteroatoms. The number of halogens is 3. The summed E-state index contributed by atoms with van der Waals surface area (Å²) >= 11 is 1.22. The van der Waals surface area contributed by atoms with Crippen LogP contribution in [0.3, 0.4) is 0 Å². The van der Waals surface area contributed by atoms with Gasteiger partial charge in [-0.15, -0.1) is 13.2 Å². The number of aryl methyl sites for hydroxylation is 1. The molecule has 0 atom stereocenters. The lowest BCUT2D eigenvalue weighted by Gasteiger charge is -2.08. The van der Waals surface area contributed by atoms with Crippen molar-refractivity contribution < 1.29 is 22.4 Å². The van der Waals surface area contributed by atoms with E-state index in [1.54, 1.807) is 13.8 Å². The van der Waals surface area contributed by atoms with Gasteiger partial charge in [-0.25, -0.2) is 4.98 Å². The molecule has 0 bridgehead atoms. The zero-order valence-corrected chi connectivity index (χ0v) is 14.9. The number of thioether (sulfide) groups is 1. The number of alkyl halides is 3. The summed E-state index contributed by atoms with van der Waals surface area (Å²) in [6.45, 7) is 3.43. The number of aromatic amines is 1. The van der Waals surface area contributed by atoms with E-state index in [1.165, 1.54) is 23.9 Å². The van der Waals surface area contributed by atoms with Gasteiger partial charge >= 0.3 is 6.36 Å². The van der Waals surface area contributed by atoms with Crippen LogP contribution in [0.4, 0.5) is 13.2 Å². The van der Waals surface area contributed by atoms with Crippen molar-refractivity contribution in [2.24, 2.45) is 0 Å². The van der Waals surface area contributed by atoms with Gasteiger partial charge in [0.05, 0.1) is 5.75 Å². The molecule has 7 nitrogen and oxygen atoms in total. The van der Waals surface area contributed by atoms with Crippen molar-refractivity contribution in [3.05, 3.63) is 51.8 Å². The fourth-order valence-electron chi connectivity index (χ4n) is 2.05. The molecule has 0 saturated heterocycles. The summed E-state index contributed by atoms with van der Waals surface area (Å²) in [6.07, 6.45) is -4.75. The Hall–Kier alpha value is -2.82. The molecule has 0 aliphatic rings. The molecular weight excluding hydrogens is 385 g/mol. The minimum atomic E-state index is -4.75. The average Bonchev–Trinajstić information content (AvgIpc) is 3.06. The Morgan fingerprint density at radius 2 is 1.89 bits per heavy atom. The van der Waals surface area contributed by atoms with Crippen LogP contribution in [0.15, 0.2) is 38.7 Å². The van der Waals surface area contributed by atoms with Crippen LogP contribution in [-0.2, 0) is 5.75 Å². The number of aromatic nitrogens is 4. The zero-order valence-electron chi connectivity index (χ0n) is 14.1. The van der Waals surface area contributed by atoms with E-state index in [1.807, 2.05) is 0 Å². The molecule has 2 heterocycles. The number of nitrogens with one attached hydrogen (secondary N) is 1. The first-order chi connectivity index (χ1) is 12.7. The van der Waals surface area contributed by atoms with Crippen molar-refractivity contribution in [3.8, 4) is 17.1 Å². The summed E-state index contributed by atoms with van der Waals surface area (Å²) in [6, 6.07) is 5.12. The first kappa shape index (κ1) is 19.0. The van der Waals surface area contributed by atoms with E-state index in [9.17, 15) is 18.0 Å². The highest BCUT2D eigenvalue weighted by Crippen LogP contribution is 2.26. The van der Waals surface area contributed by atoms with Crippen molar-refractivity contribution in [1.82, 2.24) is 20.1 Å². The van der Waals surface area contributed by atoms with Crippen molar-refractivity contribution in [2.45, 2.75) is 31.1 Å². The molecule has 1 N–H and O–H groups in total. The maximum absolute atomic E-state index is 12.2. The van der Waals surface area contributed by atoms with Crippen LogP contribution in [0.1, 0.15) is 17.1 Å². The highest BCUT2D eigenvalue weighted by Gasteiger charge is 2.31. The Kier molecular flexibility index (Phi) is 5.22. The van der Waals surface area contributed by atoms with Crippen LogP contribution in [0.5, 0.6) is 5.75 Å². The van der Waals surface area contributed by atoms with E-state index in [0.29, 0.717) is 22.0 Å². The number of H-pyrrole nitrogens is 1. The van der Waals surface area contributed by atoms with Crippen LogP contribution >= 0.6 is 11.8 Å². The molecule has 0 spiro atoms. The van der Waals surface area contributed by atoms with Gasteiger partial charge in [0.1, 0.15) is 5.75 Å². The predicted octanol–water partition coefficient (Wildman–Crippen LogP) is 3.63. The second-order valence-corrected chi connectivity index (χ2v) is 6.42. The fourth-order valence-corrected chi connectivity index (χ4v) is 2.80. The summed E-state index contributed by atoms with van der Waals surface area (Å²) < 4.78 is 45.5. The van der Waals surface area contributed by atoms with E-state index < -0.39 is 6.36 Å². The van der Waals surface area contributed by atoms with Gasteiger partial charge in [-0.1, -0.05) is 16.9 Å². The SMILES string of the molecule is Cc1nc(SCc2nc(-c3ccc(OC(F)(F)F)cc3)no2)[nH]c(=O)c1C. The Morgan fingerprint density at radius 1 is 1.19 bits per heavy atom. The molecule has 0 unspecified atom stereocenters. The quantitative estimate of drug-likeness (QED) is 0.518. The zero-order chi connectivity index (χ0) is 19.6. The Labute approximate surface area is 155 Å². The molecule has 0 radical (unpaired) electrons. The van der Waals surface area contributed by atoms with Crippen molar-refractivity contribution in [3.63, 3.8) is 0 Å². The van der Waals surface area contributed by atoms with E-state index in [4.69, 9.17) is 4.52 Å². The van der Waals surface area contributed by atoms with Crippen molar-refractivity contribution in [1.29, 1.82) is 0 Å². The maximum atomic E-state index is 12.2. The van der Waals surface area contributed by atoms with Crippen LogP contribution in [0, 0.1) is 13.8 Å². The highest BCUT2D eigenvalue weighted by atomic mass is 32.2. The summed E-state index contributed by atoms with van der Waals surface area (Å²) in [4.78, 5) is 22.8. The number of rotatable bonds is 5. The third-order valence-corrected chi connectivity index (χ3v) is 4.38. The molecule has 0 fully saturated rings. The third kappa shape index (κ3) is 4.88. The standard InChI is InChI=1S/C16H13F3N4O3S/c1-8-9(2)20-15(22-14(8)24)27-7-12-21-13(23-26-12)10-3-5-11(6-4-10)25-16(17,18)19/h3-6H,7H2,1-2H3,(H,20,22,24). The molecule has 142 valence electrons. The van der Waals surface area contributed by atoms with Crippen LogP contribution in [0.2, 0.25) is 0 Å². The Balaban J connectivity index is 1.67. The molecular formula is C16H13F3N4O3S. The summed E-state index contributed by atoms with van der Waals surface area (Å²) in [5, 5.41) is 4.22. The minimum absolute atomic E-state index is 0.211. The maximum Gasteiger partial charge on any atom is 0.573 e. The van der Waals surface area contributed by atoms with Gasteiger partial charge in [0, 0.05) is 16.8 Å². The van der Waals surface area contributed by atoms with Gasteiger partial charge in [0.2, 0.25) is 11.7 Å². The minimum Gasteiger partial charge on any atom is -0.406 e. The Bertz CT molecular complexity index is 999. The second kappa shape index (κ2) is 7.43. The topological polar surface area (TPSA) is 93.9 Å². The van der Waals surface area contributed by atoms with Crippen LogP contribution in [-0.4, -0.2) is 26.5 Å². The lowest BCUT2D eigenvalue weighted by atomic mass is 10.2. The van der Waals surface area contributed by atoms with Gasteiger partial charge in [-0.2, -0.15) is 4.98 Å². The van der Waals surface area contributed by atoms with Crippen LogP contribution < -0.4 is 10.3 Å². The predicted molar refractivity (Wildman–Crippen MR) is 90.3 cm³/mol. The monoisotopic (exact) mass is 398 g/mol. The number of benzene rings is 1. The van der Waals surface area contributed by atoms with E-state index in [0.717, 1.165) is 12.1 Å². The van der Waals surface area contributed by atoms with Crippen molar-refractivity contribution >= 4 is 11.8 Å². The number of hydrogen-bond donors (Lipinski definition) is 1. The van der Waals surface area contributed by atoms with Gasteiger partial charge in [-0.05, 0) is 38.1 Å².